The maximum Gasteiger partial charge on any atom is 0.335 e. The fourth-order valence-electron chi connectivity index (χ4n) is 5.27. The Hall–Kier alpha value is -3.09. The number of aromatic carboxylic acids is 1. The van der Waals surface area contributed by atoms with Crippen LogP contribution >= 0.6 is 0 Å². The second-order valence-corrected chi connectivity index (χ2v) is 9.51. The molecule has 1 aromatic carbocycles. The van der Waals surface area contributed by atoms with Crippen molar-refractivity contribution in [2.24, 2.45) is 0 Å². The van der Waals surface area contributed by atoms with E-state index in [2.05, 4.69) is 44.7 Å². The van der Waals surface area contributed by atoms with Gasteiger partial charge in [-0.15, -0.1) is 0 Å². The second-order valence-electron chi connectivity index (χ2n) is 9.51. The Bertz CT molecular complexity index is 1150. The molecule has 2 N–H and O–H groups in total. The third-order valence-electron chi connectivity index (χ3n) is 6.87. The lowest BCUT2D eigenvalue weighted by atomic mass is 9.87. The van der Waals surface area contributed by atoms with Gasteiger partial charge in [-0.2, -0.15) is 0 Å². The van der Waals surface area contributed by atoms with Crippen LogP contribution in [0.4, 0.5) is 0 Å². The highest BCUT2D eigenvalue weighted by atomic mass is 16.4. The van der Waals surface area contributed by atoms with Crippen LogP contribution in [0.1, 0.15) is 86.5 Å². The molecule has 1 fully saturated rings. The molecule has 0 aliphatic carbocycles. The van der Waals surface area contributed by atoms with Crippen LogP contribution in [0.15, 0.2) is 42.7 Å². The third-order valence-corrected chi connectivity index (χ3v) is 6.87. The smallest absolute Gasteiger partial charge is 0.335 e. The third kappa shape index (κ3) is 4.88. The average Bonchev–Trinajstić information content (AvgIpc) is 2.80. The number of rotatable bonds is 6. The zero-order valence-corrected chi connectivity index (χ0v) is 20.4. The summed E-state index contributed by atoms with van der Waals surface area (Å²) < 4.78 is 0. The molecule has 0 bridgehead atoms. The van der Waals surface area contributed by atoms with Crippen LogP contribution in [-0.2, 0) is 13.2 Å². The Morgan fingerprint density at radius 1 is 0.912 bits per heavy atom. The topological polar surface area (TPSA) is 86.6 Å². The zero-order chi connectivity index (χ0) is 24.4. The van der Waals surface area contributed by atoms with E-state index in [0.29, 0.717) is 12.1 Å². The van der Waals surface area contributed by atoms with Crippen molar-refractivity contribution in [2.75, 3.05) is 0 Å². The molecule has 0 unspecified atom stereocenters. The Balaban J connectivity index is 1.80. The molecule has 0 spiro atoms. The van der Waals surface area contributed by atoms with Crippen molar-refractivity contribution in [3.8, 4) is 0 Å². The fourth-order valence-corrected chi connectivity index (χ4v) is 5.27. The summed E-state index contributed by atoms with van der Waals surface area (Å²) >= 11 is 0. The highest BCUT2D eigenvalue weighted by molar-refractivity contribution is 5.87. The van der Waals surface area contributed by atoms with Crippen LogP contribution < -0.4 is 0 Å². The molecule has 0 amide bonds. The number of piperidine rings is 1. The summed E-state index contributed by atoms with van der Waals surface area (Å²) in [5.41, 5.74) is 8.54. The van der Waals surface area contributed by atoms with Crippen molar-refractivity contribution in [1.82, 2.24) is 14.9 Å². The van der Waals surface area contributed by atoms with Crippen LogP contribution in [0.5, 0.6) is 0 Å². The molecule has 178 valence electrons. The molecule has 0 saturated carbocycles. The maximum absolute atomic E-state index is 11.5. The minimum Gasteiger partial charge on any atom is -0.478 e. The second kappa shape index (κ2) is 10.0. The molecule has 6 nitrogen and oxygen atoms in total. The molecule has 34 heavy (non-hydrogen) atoms. The number of aromatic nitrogens is 2. The van der Waals surface area contributed by atoms with Gasteiger partial charge in [0.05, 0.1) is 35.6 Å². The number of hydrogen-bond donors (Lipinski definition) is 2. The first-order valence-electron chi connectivity index (χ1n) is 11.9. The fraction of sp³-hybridized carbons (Fsp3) is 0.393. The van der Waals surface area contributed by atoms with Crippen molar-refractivity contribution >= 4 is 5.97 Å². The number of likely N-dealkylation sites (tertiary alicyclic amines) is 1. The zero-order valence-electron chi connectivity index (χ0n) is 20.4. The molecule has 1 saturated heterocycles. The maximum atomic E-state index is 11.5. The number of nitrogens with zero attached hydrogens (tertiary/aromatic N) is 3. The molecular formula is C28H33N3O3. The number of carbonyl (C=O) groups is 1. The molecule has 1 aliphatic rings. The van der Waals surface area contributed by atoms with Gasteiger partial charge in [-0.05, 0) is 92.5 Å². The van der Waals surface area contributed by atoms with Gasteiger partial charge in [0, 0.05) is 18.9 Å². The number of benzene rings is 1. The number of pyridine rings is 2. The summed E-state index contributed by atoms with van der Waals surface area (Å²) in [6, 6.07) is 9.61. The normalized spacial score (nSPS) is 18.7. The highest BCUT2D eigenvalue weighted by Crippen LogP contribution is 2.43. The molecule has 3 aromatic rings. The van der Waals surface area contributed by atoms with Crippen molar-refractivity contribution < 1.29 is 15.0 Å². The van der Waals surface area contributed by atoms with Gasteiger partial charge in [-0.3, -0.25) is 14.9 Å². The molecule has 1 aliphatic heterocycles. The SMILES string of the molecule is Cc1cnc([C@H]2CCC[C@@H](c3ncc(C)cc3C)N2Cc2ccc(C(=O)O)cc2CO)c(C)c1. The van der Waals surface area contributed by atoms with Crippen LogP contribution in [0, 0.1) is 27.7 Å². The highest BCUT2D eigenvalue weighted by Gasteiger charge is 2.35. The Kier molecular flexibility index (Phi) is 7.10. The summed E-state index contributed by atoms with van der Waals surface area (Å²) in [6.07, 6.45) is 6.90. The van der Waals surface area contributed by atoms with Crippen molar-refractivity contribution in [2.45, 2.75) is 72.2 Å². The van der Waals surface area contributed by atoms with E-state index in [1.807, 2.05) is 18.5 Å². The molecule has 3 heterocycles. The first-order valence-corrected chi connectivity index (χ1v) is 11.9. The number of aliphatic hydroxyl groups is 1. The molecular weight excluding hydrogens is 426 g/mol. The summed E-state index contributed by atoms with van der Waals surface area (Å²) in [6.45, 7) is 8.73. The largest absolute Gasteiger partial charge is 0.478 e. The summed E-state index contributed by atoms with van der Waals surface area (Å²) in [5, 5.41) is 19.4. The average molecular weight is 460 g/mol. The van der Waals surface area contributed by atoms with Crippen LogP contribution in [0.2, 0.25) is 0 Å². The van der Waals surface area contributed by atoms with Gasteiger partial charge in [0.25, 0.3) is 0 Å². The van der Waals surface area contributed by atoms with E-state index in [-0.39, 0.29) is 24.3 Å². The monoisotopic (exact) mass is 459 g/mol. The van der Waals surface area contributed by atoms with Gasteiger partial charge in [0.1, 0.15) is 0 Å². The minimum absolute atomic E-state index is 0.104. The Labute approximate surface area is 201 Å². The van der Waals surface area contributed by atoms with E-state index >= 15 is 0 Å². The van der Waals surface area contributed by atoms with Gasteiger partial charge >= 0.3 is 5.97 Å². The van der Waals surface area contributed by atoms with Gasteiger partial charge in [-0.25, -0.2) is 4.79 Å². The van der Waals surface area contributed by atoms with Gasteiger partial charge in [0.2, 0.25) is 0 Å². The van der Waals surface area contributed by atoms with Crippen molar-refractivity contribution in [3.05, 3.63) is 93.1 Å². The number of hydrogen-bond acceptors (Lipinski definition) is 5. The van der Waals surface area contributed by atoms with Gasteiger partial charge < -0.3 is 10.2 Å². The molecule has 6 heteroatoms. The van der Waals surface area contributed by atoms with Crippen LogP contribution in [0.3, 0.4) is 0 Å². The standard InChI is InChI=1S/C28H33N3O3/c1-17-10-19(3)26(29-13-17)24-6-5-7-25(27-20(4)11-18(2)14-30-27)31(24)15-22-9-8-21(28(33)34)12-23(22)16-32/h8-14,24-25,32H,5-7,15-16H2,1-4H3,(H,33,34)/t24-,25+. The lowest BCUT2D eigenvalue weighted by Gasteiger charge is -2.43. The minimum atomic E-state index is -0.992. The lowest BCUT2D eigenvalue weighted by molar-refractivity contribution is 0.0669. The van der Waals surface area contributed by atoms with Crippen LogP contribution in [-0.4, -0.2) is 31.1 Å². The molecule has 0 radical (unpaired) electrons. The van der Waals surface area contributed by atoms with E-state index in [1.165, 1.54) is 11.1 Å². The number of aryl methyl sites for hydroxylation is 4. The number of aliphatic hydroxyl groups excluding tert-OH is 1. The van der Waals surface area contributed by atoms with E-state index in [1.54, 1.807) is 12.1 Å². The lowest BCUT2D eigenvalue weighted by Crippen LogP contribution is -2.37. The van der Waals surface area contributed by atoms with E-state index in [4.69, 9.17) is 9.97 Å². The first-order chi connectivity index (χ1) is 16.3. The molecule has 2 aromatic heterocycles. The van der Waals surface area contributed by atoms with Gasteiger partial charge in [-0.1, -0.05) is 18.2 Å². The predicted molar refractivity (Wildman–Crippen MR) is 132 cm³/mol. The summed E-state index contributed by atoms with van der Waals surface area (Å²) in [5.74, 6) is -0.992. The van der Waals surface area contributed by atoms with Crippen molar-refractivity contribution in [3.63, 3.8) is 0 Å². The Morgan fingerprint density at radius 3 is 1.94 bits per heavy atom. The van der Waals surface area contributed by atoms with E-state index < -0.39 is 5.97 Å². The first kappa shape index (κ1) is 24.0. The number of carboxylic acid groups (broad SMARTS) is 1. The molecule has 4 rings (SSSR count). The molecule has 2 atom stereocenters. The van der Waals surface area contributed by atoms with E-state index in [9.17, 15) is 15.0 Å². The van der Waals surface area contributed by atoms with Crippen LogP contribution in [0.25, 0.3) is 0 Å². The number of carboxylic acids is 1. The summed E-state index contributed by atoms with van der Waals surface area (Å²) in [4.78, 5) is 23.6. The van der Waals surface area contributed by atoms with Gasteiger partial charge in [0.15, 0.2) is 0 Å². The van der Waals surface area contributed by atoms with E-state index in [0.717, 1.165) is 47.3 Å². The predicted octanol–water partition coefficient (Wildman–Crippen LogP) is 5.37. The van der Waals surface area contributed by atoms with Crippen molar-refractivity contribution in [1.29, 1.82) is 0 Å². The Morgan fingerprint density at radius 2 is 1.47 bits per heavy atom. The summed E-state index contributed by atoms with van der Waals surface area (Å²) in [7, 11) is 0. The quantitative estimate of drug-likeness (QED) is 0.515.